The summed E-state index contributed by atoms with van der Waals surface area (Å²) in [7, 11) is -3.61. The second-order valence-corrected chi connectivity index (χ2v) is 5.35. The van der Waals surface area contributed by atoms with Gasteiger partial charge in [0.05, 0.1) is 4.90 Å². The predicted octanol–water partition coefficient (Wildman–Crippen LogP) is 1.14. The predicted molar refractivity (Wildman–Crippen MR) is 64.5 cm³/mol. The molecule has 0 radical (unpaired) electrons. The summed E-state index contributed by atoms with van der Waals surface area (Å²) < 4.78 is 22.6. The number of aryl methyl sites for hydroxylation is 1. The van der Waals surface area contributed by atoms with Gasteiger partial charge in [-0.15, -0.1) is 0 Å². The second kappa shape index (κ2) is 5.43. The molecule has 0 heterocycles. The normalized spacial score (nSPS) is 11.7. The fourth-order valence-corrected chi connectivity index (χ4v) is 2.30. The van der Waals surface area contributed by atoms with E-state index in [1.165, 1.54) is 0 Å². The third-order valence-corrected chi connectivity index (χ3v) is 3.37. The molecule has 0 saturated carbocycles. The second-order valence-electron chi connectivity index (χ2n) is 3.82. The summed E-state index contributed by atoms with van der Waals surface area (Å²) in [6.07, 6.45) is 1.05. The summed E-state index contributed by atoms with van der Waals surface area (Å²) in [6.45, 7) is 5.40. The lowest BCUT2D eigenvalue weighted by atomic mass is 10.1. The first-order chi connectivity index (χ1) is 7.45. The van der Waals surface area contributed by atoms with Gasteiger partial charge in [0.25, 0.3) is 0 Å². The highest BCUT2D eigenvalue weighted by molar-refractivity contribution is 7.89. The molecule has 16 heavy (non-hydrogen) atoms. The monoisotopic (exact) mass is 242 g/mol. The van der Waals surface area contributed by atoms with Crippen LogP contribution in [0.1, 0.15) is 24.5 Å². The van der Waals surface area contributed by atoms with Crippen molar-refractivity contribution in [2.75, 3.05) is 6.54 Å². The van der Waals surface area contributed by atoms with Crippen molar-refractivity contribution in [1.82, 2.24) is 5.32 Å². The average molecular weight is 242 g/mol. The van der Waals surface area contributed by atoms with Crippen molar-refractivity contribution in [3.05, 3.63) is 29.3 Å². The molecule has 0 spiro atoms. The van der Waals surface area contributed by atoms with Crippen molar-refractivity contribution in [3.63, 3.8) is 0 Å². The average Bonchev–Trinajstić information content (AvgIpc) is 2.19. The Labute approximate surface area is 96.9 Å². The first-order valence-electron chi connectivity index (χ1n) is 5.28. The van der Waals surface area contributed by atoms with Crippen LogP contribution in [0.3, 0.4) is 0 Å². The molecule has 1 rings (SSSR count). The van der Waals surface area contributed by atoms with Crippen LogP contribution in [0, 0.1) is 6.92 Å². The summed E-state index contributed by atoms with van der Waals surface area (Å²) in [4.78, 5) is 0.211. The maximum atomic E-state index is 11.3. The van der Waals surface area contributed by atoms with Crippen molar-refractivity contribution >= 4 is 10.0 Å². The minimum atomic E-state index is -3.61. The highest BCUT2D eigenvalue weighted by Crippen LogP contribution is 2.15. The summed E-state index contributed by atoms with van der Waals surface area (Å²) in [5.74, 6) is 0. The molecule has 0 aliphatic rings. The molecule has 5 heteroatoms. The highest BCUT2D eigenvalue weighted by atomic mass is 32.2. The molecule has 1 aromatic rings. The Hall–Kier alpha value is -0.910. The zero-order chi connectivity index (χ0) is 12.2. The third kappa shape index (κ3) is 3.59. The van der Waals surface area contributed by atoms with E-state index in [-0.39, 0.29) is 4.90 Å². The van der Waals surface area contributed by atoms with Gasteiger partial charge in [0, 0.05) is 6.54 Å². The van der Waals surface area contributed by atoms with Gasteiger partial charge in [-0.2, -0.15) is 0 Å². The molecular weight excluding hydrogens is 224 g/mol. The molecule has 0 unspecified atom stereocenters. The maximum Gasteiger partial charge on any atom is 0.238 e. The Morgan fingerprint density at radius 1 is 1.38 bits per heavy atom. The SMILES string of the molecule is CCCNCc1ccc(C)c(S(N)(=O)=O)c1. The van der Waals surface area contributed by atoms with E-state index in [2.05, 4.69) is 12.2 Å². The van der Waals surface area contributed by atoms with Crippen LogP contribution < -0.4 is 10.5 Å². The molecule has 0 saturated heterocycles. The van der Waals surface area contributed by atoms with E-state index >= 15 is 0 Å². The number of nitrogens with one attached hydrogen (secondary N) is 1. The fourth-order valence-electron chi connectivity index (χ4n) is 1.47. The number of nitrogens with two attached hydrogens (primary N) is 1. The smallest absolute Gasteiger partial charge is 0.238 e. The number of rotatable bonds is 5. The summed E-state index contributed by atoms with van der Waals surface area (Å²) in [6, 6.07) is 5.32. The Morgan fingerprint density at radius 3 is 2.62 bits per heavy atom. The molecule has 0 aromatic heterocycles. The van der Waals surface area contributed by atoms with E-state index < -0.39 is 10.0 Å². The van der Waals surface area contributed by atoms with Gasteiger partial charge in [-0.25, -0.2) is 13.6 Å². The Bertz CT molecular complexity index is 455. The van der Waals surface area contributed by atoms with Gasteiger partial charge in [-0.05, 0) is 37.1 Å². The standard InChI is InChI=1S/C11H18N2O2S/c1-3-6-13-8-10-5-4-9(2)11(7-10)16(12,14)15/h4-5,7,13H,3,6,8H2,1-2H3,(H2,12,14,15). The molecule has 3 N–H and O–H groups in total. The Kier molecular flexibility index (Phi) is 4.46. The molecule has 0 bridgehead atoms. The van der Waals surface area contributed by atoms with Gasteiger partial charge >= 0.3 is 0 Å². The molecule has 0 fully saturated rings. The molecule has 0 aliphatic carbocycles. The molecule has 1 aromatic carbocycles. The molecule has 0 amide bonds. The fraction of sp³-hybridized carbons (Fsp3) is 0.455. The number of sulfonamides is 1. The van der Waals surface area contributed by atoms with Gasteiger partial charge in [0.2, 0.25) is 10.0 Å². The van der Waals surface area contributed by atoms with Gasteiger partial charge in [-0.1, -0.05) is 19.1 Å². The third-order valence-electron chi connectivity index (χ3n) is 2.31. The van der Waals surface area contributed by atoms with Crippen molar-refractivity contribution in [3.8, 4) is 0 Å². The van der Waals surface area contributed by atoms with Crippen LogP contribution in [-0.4, -0.2) is 15.0 Å². The van der Waals surface area contributed by atoms with Crippen molar-refractivity contribution in [2.24, 2.45) is 5.14 Å². The van der Waals surface area contributed by atoms with Crippen LogP contribution in [0.5, 0.6) is 0 Å². The van der Waals surface area contributed by atoms with Crippen molar-refractivity contribution in [2.45, 2.75) is 31.7 Å². The van der Waals surface area contributed by atoms with Gasteiger partial charge in [0.15, 0.2) is 0 Å². The minimum absolute atomic E-state index is 0.211. The molecule has 0 atom stereocenters. The zero-order valence-corrected chi connectivity index (χ0v) is 10.5. The first kappa shape index (κ1) is 13.2. The minimum Gasteiger partial charge on any atom is -0.313 e. The van der Waals surface area contributed by atoms with E-state index in [9.17, 15) is 8.42 Å². The van der Waals surface area contributed by atoms with Crippen LogP contribution in [0.4, 0.5) is 0 Å². The summed E-state index contributed by atoms with van der Waals surface area (Å²) in [5.41, 5.74) is 1.62. The zero-order valence-electron chi connectivity index (χ0n) is 9.66. The Balaban J connectivity index is 2.91. The van der Waals surface area contributed by atoms with Gasteiger partial charge in [-0.3, -0.25) is 0 Å². The van der Waals surface area contributed by atoms with Crippen LogP contribution in [0.15, 0.2) is 23.1 Å². The Morgan fingerprint density at radius 2 is 2.06 bits per heavy atom. The molecule has 90 valence electrons. The van der Waals surface area contributed by atoms with E-state index in [4.69, 9.17) is 5.14 Å². The van der Waals surface area contributed by atoms with E-state index in [0.717, 1.165) is 18.5 Å². The lowest BCUT2D eigenvalue weighted by Gasteiger charge is -2.07. The molecular formula is C11H18N2O2S. The number of hydrogen-bond donors (Lipinski definition) is 2. The molecule has 4 nitrogen and oxygen atoms in total. The first-order valence-corrected chi connectivity index (χ1v) is 6.83. The lowest BCUT2D eigenvalue weighted by Crippen LogP contribution is -2.16. The van der Waals surface area contributed by atoms with E-state index in [1.807, 2.05) is 6.07 Å². The van der Waals surface area contributed by atoms with Crippen molar-refractivity contribution in [1.29, 1.82) is 0 Å². The largest absolute Gasteiger partial charge is 0.313 e. The van der Waals surface area contributed by atoms with Crippen LogP contribution >= 0.6 is 0 Å². The van der Waals surface area contributed by atoms with E-state index in [1.54, 1.807) is 19.1 Å². The highest BCUT2D eigenvalue weighted by Gasteiger charge is 2.11. The molecule has 0 aliphatic heterocycles. The summed E-state index contributed by atoms with van der Waals surface area (Å²) in [5, 5.41) is 8.35. The van der Waals surface area contributed by atoms with Crippen LogP contribution in [0.2, 0.25) is 0 Å². The number of primary sulfonamides is 1. The van der Waals surface area contributed by atoms with Crippen molar-refractivity contribution < 1.29 is 8.42 Å². The summed E-state index contributed by atoms with van der Waals surface area (Å²) >= 11 is 0. The number of benzene rings is 1. The van der Waals surface area contributed by atoms with E-state index in [0.29, 0.717) is 12.1 Å². The van der Waals surface area contributed by atoms with Crippen LogP contribution in [-0.2, 0) is 16.6 Å². The van der Waals surface area contributed by atoms with Gasteiger partial charge < -0.3 is 5.32 Å². The lowest BCUT2D eigenvalue weighted by molar-refractivity contribution is 0.596. The van der Waals surface area contributed by atoms with Crippen LogP contribution in [0.25, 0.3) is 0 Å². The van der Waals surface area contributed by atoms with Gasteiger partial charge in [0.1, 0.15) is 0 Å². The number of hydrogen-bond acceptors (Lipinski definition) is 3. The topological polar surface area (TPSA) is 72.2 Å². The quantitative estimate of drug-likeness (QED) is 0.761. The maximum absolute atomic E-state index is 11.3.